The molecule has 0 fully saturated rings. The molecule has 0 aliphatic heterocycles. The van der Waals surface area contributed by atoms with Crippen molar-refractivity contribution >= 4 is 5.97 Å². The fourth-order valence-corrected chi connectivity index (χ4v) is 1.84. The Balaban J connectivity index is 3.94. The predicted octanol–water partition coefficient (Wildman–Crippen LogP) is 1.98. The smallest absolute Gasteiger partial charge is 0.330 e. The fourth-order valence-electron chi connectivity index (χ4n) is 1.84. The molecule has 0 aromatic heterocycles. The second-order valence-electron chi connectivity index (χ2n) is 4.16. The summed E-state index contributed by atoms with van der Waals surface area (Å²) < 4.78 is 5.99. The van der Waals surface area contributed by atoms with Gasteiger partial charge in [0.05, 0.1) is 20.1 Å². The zero-order chi connectivity index (χ0) is 11.7. The third-order valence-corrected chi connectivity index (χ3v) is 2.57. The van der Waals surface area contributed by atoms with Crippen LogP contribution in [-0.2, 0) is 9.53 Å². The van der Waals surface area contributed by atoms with Gasteiger partial charge in [0.15, 0.2) is 0 Å². The number of carbonyl (C=O) groups is 1. The molecule has 0 saturated carbocycles. The number of rotatable bonds is 8. The Morgan fingerprint density at radius 3 is 2.20 bits per heavy atom. The lowest BCUT2D eigenvalue weighted by molar-refractivity contribution is -0.909. The number of hydrogen-bond acceptors (Lipinski definition) is 2. The highest BCUT2D eigenvalue weighted by molar-refractivity contribution is 5.81. The monoisotopic (exact) mass is 214 g/mol. The van der Waals surface area contributed by atoms with E-state index in [1.807, 2.05) is 0 Å². The number of esters is 1. The minimum Gasteiger partial charge on any atom is -0.457 e. The molecule has 0 rings (SSSR count). The van der Waals surface area contributed by atoms with E-state index in [0.717, 1.165) is 37.0 Å². The van der Waals surface area contributed by atoms with Crippen LogP contribution in [0.3, 0.4) is 0 Å². The van der Waals surface area contributed by atoms with Crippen molar-refractivity contribution in [3.05, 3.63) is 12.7 Å². The van der Waals surface area contributed by atoms with Crippen molar-refractivity contribution in [2.24, 2.45) is 0 Å². The fraction of sp³-hybridized carbons (Fsp3) is 0.750. The molecule has 0 saturated heterocycles. The van der Waals surface area contributed by atoms with Gasteiger partial charge in [-0.05, 0) is 12.8 Å². The second kappa shape index (κ2) is 7.46. The maximum absolute atomic E-state index is 10.9. The molecule has 3 heteroatoms. The molecular weight excluding hydrogens is 190 g/mol. The van der Waals surface area contributed by atoms with Crippen LogP contribution in [0.2, 0.25) is 0 Å². The van der Waals surface area contributed by atoms with Gasteiger partial charge in [0, 0.05) is 6.08 Å². The van der Waals surface area contributed by atoms with Gasteiger partial charge in [0.1, 0.15) is 13.2 Å². The van der Waals surface area contributed by atoms with E-state index in [-0.39, 0.29) is 5.97 Å². The first-order valence-electron chi connectivity index (χ1n) is 5.70. The minimum absolute atomic E-state index is 0.324. The standard InChI is InChI=1S/C12H24NO2/c1-5-8-13(4,9-6-2)10-11-15-12(14)7-3/h7H,3,5-6,8-11H2,1-2,4H3/q+1. The molecule has 0 aliphatic rings. The molecule has 0 bridgehead atoms. The summed E-state index contributed by atoms with van der Waals surface area (Å²) in [5, 5.41) is 0. The maximum Gasteiger partial charge on any atom is 0.330 e. The molecule has 0 atom stereocenters. The maximum atomic E-state index is 10.9. The van der Waals surface area contributed by atoms with Gasteiger partial charge in [-0.25, -0.2) is 4.79 Å². The molecule has 88 valence electrons. The second-order valence-corrected chi connectivity index (χ2v) is 4.16. The van der Waals surface area contributed by atoms with Crippen LogP contribution in [0.25, 0.3) is 0 Å². The third-order valence-electron chi connectivity index (χ3n) is 2.57. The molecule has 0 N–H and O–H groups in total. The number of hydrogen-bond donors (Lipinski definition) is 0. The average molecular weight is 214 g/mol. The summed E-state index contributed by atoms with van der Waals surface area (Å²) in [5.74, 6) is -0.324. The van der Waals surface area contributed by atoms with Crippen LogP contribution in [0.1, 0.15) is 26.7 Å². The molecule has 0 radical (unpaired) electrons. The van der Waals surface area contributed by atoms with Crippen LogP contribution in [0.15, 0.2) is 12.7 Å². The average Bonchev–Trinajstić information content (AvgIpc) is 2.18. The molecule has 0 spiro atoms. The first-order chi connectivity index (χ1) is 7.08. The summed E-state index contributed by atoms with van der Waals surface area (Å²) >= 11 is 0. The van der Waals surface area contributed by atoms with Crippen LogP contribution in [0.5, 0.6) is 0 Å². The zero-order valence-electron chi connectivity index (χ0n) is 10.3. The molecule has 15 heavy (non-hydrogen) atoms. The number of carbonyl (C=O) groups excluding carboxylic acids is 1. The lowest BCUT2D eigenvalue weighted by Crippen LogP contribution is -2.47. The summed E-state index contributed by atoms with van der Waals surface area (Å²) in [4.78, 5) is 10.9. The highest BCUT2D eigenvalue weighted by atomic mass is 16.5. The summed E-state index contributed by atoms with van der Waals surface area (Å²) in [6.07, 6.45) is 3.53. The van der Waals surface area contributed by atoms with Crippen molar-refractivity contribution < 1.29 is 14.0 Å². The Bertz CT molecular complexity index is 196. The first kappa shape index (κ1) is 14.2. The first-order valence-corrected chi connectivity index (χ1v) is 5.70. The van der Waals surface area contributed by atoms with Crippen molar-refractivity contribution in [3.63, 3.8) is 0 Å². The summed E-state index contributed by atoms with van der Waals surface area (Å²) in [7, 11) is 2.22. The molecule has 0 aliphatic carbocycles. The molecule has 0 amide bonds. The van der Waals surface area contributed by atoms with E-state index in [1.165, 1.54) is 6.08 Å². The van der Waals surface area contributed by atoms with Crippen molar-refractivity contribution in [2.75, 3.05) is 33.3 Å². The number of ether oxygens (including phenoxy) is 1. The van der Waals surface area contributed by atoms with E-state index >= 15 is 0 Å². The lowest BCUT2D eigenvalue weighted by atomic mass is 10.3. The molecule has 0 unspecified atom stereocenters. The SMILES string of the molecule is C=CC(=O)OCC[N+](C)(CCC)CCC. The predicted molar refractivity (Wildman–Crippen MR) is 62.5 cm³/mol. The normalized spacial score (nSPS) is 11.1. The summed E-state index contributed by atoms with van der Waals surface area (Å²) in [6, 6.07) is 0. The van der Waals surface area contributed by atoms with Gasteiger partial charge in [0.2, 0.25) is 0 Å². The van der Waals surface area contributed by atoms with Gasteiger partial charge in [-0.15, -0.1) is 0 Å². The Hall–Kier alpha value is -0.830. The summed E-state index contributed by atoms with van der Waals surface area (Å²) in [6.45, 7) is 11.4. The van der Waals surface area contributed by atoms with Crippen molar-refractivity contribution in [3.8, 4) is 0 Å². The van der Waals surface area contributed by atoms with E-state index in [9.17, 15) is 4.79 Å². The van der Waals surface area contributed by atoms with Crippen LogP contribution in [0.4, 0.5) is 0 Å². The van der Waals surface area contributed by atoms with Crippen molar-refractivity contribution in [1.82, 2.24) is 0 Å². The van der Waals surface area contributed by atoms with Gasteiger partial charge >= 0.3 is 5.97 Å². The number of likely N-dealkylation sites (N-methyl/N-ethyl adjacent to an activating group) is 1. The van der Waals surface area contributed by atoms with Gasteiger partial charge in [-0.2, -0.15) is 0 Å². The third kappa shape index (κ3) is 6.28. The van der Waals surface area contributed by atoms with E-state index in [4.69, 9.17) is 4.74 Å². The Labute approximate surface area is 93.3 Å². The molecule has 0 heterocycles. The van der Waals surface area contributed by atoms with Gasteiger partial charge in [0.25, 0.3) is 0 Å². The van der Waals surface area contributed by atoms with Crippen LogP contribution >= 0.6 is 0 Å². The highest BCUT2D eigenvalue weighted by Gasteiger charge is 2.19. The van der Waals surface area contributed by atoms with Crippen molar-refractivity contribution in [1.29, 1.82) is 0 Å². The van der Waals surface area contributed by atoms with Crippen LogP contribution in [-0.4, -0.2) is 43.7 Å². The van der Waals surface area contributed by atoms with Crippen molar-refractivity contribution in [2.45, 2.75) is 26.7 Å². The zero-order valence-corrected chi connectivity index (χ0v) is 10.3. The van der Waals surface area contributed by atoms with E-state index in [2.05, 4.69) is 27.5 Å². The number of quaternary nitrogens is 1. The largest absolute Gasteiger partial charge is 0.457 e. The van der Waals surface area contributed by atoms with Gasteiger partial charge < -0.3 is 9.22 Å². The molecular formula is C12H24NO2+. The molecule has 0 aromatic rings. The van der Waals surface area contributed by atoms with Crippen LogP contribution < -0.4 is 0 Å². The van der Waals surface area contributed by atoms with Gasteiger partial charge in [-0.1, -0.05) is 20.4 Å². The summed E-state index contributed by atoms with van der Waals surface area (Å²) in [5.41, 5.74) is 0. The molecule has 0 aromatic carbocycles. The Morgan fingerprint density at radius 1 is 1.27 bits per heavy atom. The number of nitrogens with zero attached hydrogens (tertiary/aromatic N) is 1. The minimum atomic E-state index is -0.324. The van der Waals surface area contributed by atoms with Crippen LogP contribution in [0, 0.1) is 0 Å². The molecule has 3 nitrogen and oxygen atoms in total. The topological polar surface area (TPSA) is 26.3 Å². The van der Waals surface area contributed by atoms with E-state index < -0.39 is 0 Å². The quantitative estimate of drug-likeness (QED) is 0.351. The Kier molecular flexibility index (Phi) is 7.05. The lowest BCUT2D eigenvalue weighted by Gasteiger charge is -2.33. The van der Waals surface area contributed by atoms with Gasteiger partial charge in [-0.3, -0.25) is 0 Å². The highest BCUT2D eigenvalue weighted by Crippen LogP contribution is 2.05. The van der Waals surface area contributed by atoms with E-state index in [0.29, 0.717) is 6.61 Å². The Morgan fingerprint density at radius 2 is 1.80 bits per heavy atom. The van der Waals surface area contributed by atoms with E-state index in [1.54, 1.807) is 0 Å².